The zero-order chi connectivity index (χ0) is 23.1. The van der Waals surface area contributed by atoms with Crippen molar-refractivity contribution < 1.29 is 9.35 Å². The number of rotatable bonds is 3. The number of benzene rings is 4. The molecule has 0 atom stereocenters. The molecule has 0 saturated carbocycles. The average Bonchev–Trinajstić information content (AvgIpc) is 2.89. The van der Waals surface area contributed by atoms with Gasteiger partial charge in [0.05, 0.1) is 20.5 Å². The maximum Gasteiger partial charge on any atom is 0.284 e. The van der Waals surface area contributed by atoms with Crippen molar-refractivity contribution >= 4 is 21.5 Å². The molecule has 34 heavy (non-hydrogen) atoms. The summed E-state index contributed by atoms with van der Waals surface area (Å²) in [7, 11) is 0. The molecule has 0 N–H and O–H groups in total. The van der Waals surface area contributed by atoms with Crippen LogP contribution in [0.25, 0.3) is 44.1 Å². The molecule has 0 bridgehead atoms. The van der Waals surface area contributed by atoms with Crippen molar-refractivity contribution in [3.63, 3.8) is 0 Å². The van der Waals surface area contributed by atoms with Gasteiger partial charge in [0.2, 0.25) is 12.4 Å². The van der Waals surface area contributed by atoms with Gasteiger partial charge in [0.25, 0.3) is 11.4 Å². The summed E-state index contributed by atoms with van der Waals surface area (Å²) < 4.78 is 4.48. The number of fused-ring (bicyclic) bond motifs is 3. The first kappa shape index (κ1) is 20.3. The summed E-state index contributed by atoms with van der Waals surface area (Å²) in [4.78, 5) is 0. The lowest BCUT2D eigenvalue weighted by Gasteiger charge is -2.09. The minimum absolute atomic E-state index is 1.15. The fraction of sp³-hybridized carbons (Fsp3) is 0.0625. The number of aromatic nitrogens is 2. The smallest absolute Gasteiger partial charge is 0.0620 e. The average molecular weight is 439 g/mol. The van der Waals surface area contributed by atoms with Gasteiger partial charge in [0, 0.05) is 24.3 Å². The molecule has 2 aromatic heterocycles. The molecule has 0 unspecified atom stereocenters. The van der Waals surface area contributed by atoms with E-state index in [1.54, 1.807) is 0 Å². The fourth-order valence-corrected chi connectivity index (χ4v) is 4.97. The molecule has 0 radical (unpaired) electrons. The van der Waals surface area contributed by atoms with Crippen molar-refractivity contribution in [1.82, 2.24) is 0 Å². The van der Waals surface area contributed by atoms with E-state index in [1.807, 2.05) is 0 Å². The van der Waals surface area contributed by atoms with Gasteiger partial charge in [-0.1, -0.05) is 54.6 Å². The Bertz CT molecular complexity index is 1680. The molecule has 2 heteroatoms. The third-order valence-electron chi connectivity index (χ3n) is 6.70. The van der Waals surface area contributed by atoms with Crippen molar-refractivity contribution in [2.75, 3.05) is 0 Å². The van der Waals surface area contributed by atoms with E-state index in [2.05, 4.69) is 145 Å². The van der Waals surface area contributed by atoms with Crippen molar-refractivity contribution in [2.45, 2.75) is 13.8 Å². The molecule has 2 nitrogen and oxygen atoms in total. The van der Waals surface area contributed by atoms with Crippen molar-refractivity contribution in [3.8, 4) is 22.5 Å². The number of hydrogen-bond donors (Lipinski definition) is 0. The molecule has 6 aromatic rings. The molecule has 0 amide bonds. The highest BCUT2D eigenvalue weighted by Gasteiger charge is 2.27. The second kappa shape index (κ2) is 8.24. The highest BCUT2D eigenvalue weighted by Crippen LogP contribution is 2.31. The Balaban J connectivity index is 1.59. The Morgan fingerprint density at radius 2 is 1.06 bits per heavy atom. The molecular weight excluding hydrogens is 412 g/mol. The third-order valence-corrected chi connectivity index (χ3v) is 6.70. The van der Waals surface area contributed by atoms with Crippen LogP contribution in [0.1, 0.15) is 11.1 Å². The Kier molecular flexibility index (Phi) is 4.92. The van der Waals surface area contributed by atoms with E-state index in [-0.39, 0.29) is 0 Å². The summed E-state index contributed by atoms with van der Waals surface area (Å²) in [6.45, 7) is 4.38. The van der Waals surface area contributed by atoms with Gasteiger partial charge in [0.15, 0.2) is 0 Å². The van der Waals surface area contributed by atoms with Gasteiger partial charge in [-0.05, 0) is 76.9 Å². The quantitative estimate of drug-likeness (QED) is 0.211. The molecule has 0 fully saturated rings. The highest BCUT2D eigenvalue weighted by molar-refractivity contribution is 6.08. The third kappa shape index (κ3) is 3.36. The van der Waals surface area contributed by atoms with Gasteiger partial charge >= 0.3 is 0 Å². The summed E-state index contributed by atoms with van der Waals surface area (Å²) in [5.41, 5.74) is 7.29. The second-order valence-electron chi connectivity index (χ2n) is 8.85. The first-order chi connectivity index (χ1) is 16.7. The van der Waals surface area contributed by atoms with E-state index < -0.39 is 0 Å². The molecule has 4 aromatic carbocycles. The molecule has 0 aliphatic heterocycles. The summed E-state index contributed by atoms with van der Waals surface area (Å²) >= 11 is 0. The molecule has 0 aliphatic rings. The van der Waals surface area contributed by atoms with Gasteiger partial charge < -0.3 is 0 Å². The largest absolute Gasteiger partial charge is 0.284 e. The Morgan fingerprint density at radius 1 is 0.441 bits per heavy atom. The molecule has 162 valence electrons. The number of aryl methyl sites for hydroxylation is 2. The van der Waals surface area contributed by atoms with Crippen LogP contribution in [0.15, 0.2) is 122 Å². The van der Waals surface area contributed by atoms with Crippen LogP contribution in [0.4, 0.5) is 0 Å². The van der Waals surface area contributed by atoms with Gasteiger partial charge in [0.1, 0.15) is 0 Å². The normalized spacial score (nSPS) is 11.2. The maximum atomic E-state index is 2.34. The van der Waals surface area contributed by atoms with Crippen molar-refractivity contribution in [2.24, 2.45) is 0 Å². The van der Waals surface area contributed by atoms with Crippen molar-refractivity contribution in [3.05, 3.63) is 133 Å². The van der Waals surface area contributed by atoms with E-state index in [0.717, 1.165) is 11.4 Å². The Morgan fingerprint density at radius 3 is 1.82 bits per heavy atom. The lowest BCUT2D eigenvalue weighted by Crippen LogP contribution is -2.68. The summed E-state index contributed by atoms with van der Waals surface area (Å²) in [5.74, 6) is 0. The molecule has 6 rings (SSSR count). The summed E-state index contributed by atoms with van der Waals surface area (Å²) in [5, 5.41) is 5.14. The van der Waals surface area contributed by atoms with E-state index >= 15 is 0 Å². The minimum atomic E-state index is 1.15. The summed E-state index contributed by atoms with van der Waals surface area (Å²) in [6.07, 6.45) is 4.27. The first-order valence-corrected chi connectivity index (χ1v) is 11.7. The standard InChI is InChI=1S/C32H26N2/c1-23-11-3-5-13-27(23)31-15-7-9-19-33(31)34-20-10-8-16-32(34)29-22-26-18-17-25-12-4-6-14-28(25)30(26)21-24(29)2/h3-22H,1-2H3/q+2. The number of hydrogen-bond acceptors (Lipinski definition) is 0. The Labute approximate surface area is 200 Å². The van der Waals surface area contributed by atoms with Crippen molar-refractivity contribution in [1.29, 1.82) is 0 Å². The molecule has 0 spiro atoms. The van der Waals surface area contributed by atoms with E-state index in [1.165, 1.54) is 43.8 Å². The molecular formula is C32H26N2+2. The Hall–Kier alpha value is -4.30. The van der Waals surface area contributed by atoms with Crippen LogP contribution in [0, 0.1) is 13.8 Å². The minimum Gasteiger partial charge on any atom is -0.0620 e. The van der Waals surface area contributed by atoms with Gasteiger partial charge in [-0.2, -0.15) is 0 Å². The molecule has 2 heterocycles. The summed E-state index contributed by atoms with van der Waals surface area (Å²) in [6, 6.07) is 39.1. The van der Waals surface area contributed by atoms with Crippen LogP contribution in [0.3, 0.4) is 0 Å². The molecule has 0 aliphatic carbocycles. The maximum absolute atomic E-state index is 2.34. The lowest BCUT2D eigenvalue weighted by atomic mass is 9.95. The van der Waals surface area contributed by atoms with Crippen LogP contribution in [-0.2, 0) is 0 Å². The van der Waals surface area contributed by atoms with E-state index in [4.69, 9.17) is 0 Å². The van der Waals surface area contributed by atoms with Gasteiger partial charge in [-0.3, -0.25) is 0 Å². The van der Waals surface area contributed by atoms with E-state index in [9.17, 15) is 0 Å². The zero-order valence-electron chi connectivity index (χ0n) is 19.4. The highest BCUT2D eigenvalue weighted by atomic mass is 15.4. The fourth-order valence-electron chi connectivity index (χ4n) is 4.97. The van der Waals surface area contributed by atoms with Crippen LogP contribution in [0.5, 0.6) is 0 Å². The van der Waals surface area contributed by atoms with Gasteiger partial charge in [-0.25, -0.2) is 0 Å². The van der Waals surface area contributed by atoms with Crippen LogP contribution < -0.4 is 9.35 Å². The number of nitrogens with zero attached hydrogens (tertiary/aromatic N) is 2. The predicted molar refractivity (Wildman–Crippen MR) is 139 cm³/mol. The van der Waals surface area contributed by atoms with Crippen LogP contribution >= 0.6 is 0 Å². The number of pyridine rings is 2. The predicted octanol–water partition coefficient (Wildman–Crippen LogP) is 6.83. The first-order valence-electron chi connectivity index (χ1n) is 11.7. The molecule has 0 saturated heterocycles. The second-order valence-corrected chi connectivity index (χ2v) is 8.85. The zero-order valence-corrected chi connectivity index (χ0v) is 19.4. The van der Waals surface area contributed by atoms with Crippen LogP contribution in [0.2, 0.25) is 0 Å². The van der Waals surface area contributed by atoms with E-state index in [0.29, 0.717) is 0 Å². The lowest BCUT2D eigenvalue weighted by molar-refractivity contribution is -1.29. The SMILES string of the molecule is Cc1ccccc1-c1cccc[n+]1-[n+]1ccccc1-c1cc2ccc3ccccc3c2cc1C. The van der Waals surface area contributed by atoms with Crippen LogP contribution in [-0.4, -0.2) is 0 Å². The topological polar surface area (TPSA) is 7.76 Å². The monoisotopic (exact) mass is 438 g/mol. The van der Waals surface area contributed by atoms with Gasteiger partial charge in [-0.15, -0.1) is 0 Å².